The molecule has 0 bridgehead atoms. The van der Waals surface area contributed by atoms with Gasteiger partial charge in [0.2, 0.25) is 0 Å². The smallest absolute Gasteiger partial charge is 0.340 e. The maximum absolute atomic E-state index is 8.42. The lowest BCUT2D eigenvalue weighted by atomic mass is 10.2. The third kappa shape index (κ3) is 12.5. The van der Waals surface area contributed by atoms with E-state index in [1.807, 2.05) is 302 Å². The molecule has 0 N–H and O–H groups in total. The summed E-state index contributed by atoms with van der Waals surface area (Å²) in [5.74, 6) is 2.08. The van der Waals surface area contributed by atoms with Crippen LogP contribution < -0.4 is 29.5 Å². The Kier molecular flexibility index (Phi) is 15.9. The Bertz CT molecular complexity index is 2980. The zero-order chi connectivity index (χ0) is 50.0. The van der Waals surface area contributed by atoms with Gasteiger partial charge in [0, 0.05) is 14.4 Å². The molecule has 0 saturated heterocycles. The summed E-state index contributed by atoms with van der Waals surface area (Å²) in [5.41, 5.74) is 8.76. The van der Waals surface area contributed by atoms with Crippen molar-refractivity contribution in [1.82, 2.24) is 45.0 Å². The lowest BCUT2D eigenvalue weighted by Gasteiger charge is -2.35. The molecule has 0 aliphatic heterocycles. The fourth-order valence-corrected chi connectivity index (χ4v) is 7.33. The second kappa shape index (κ2) is 24.1. The topological polar surface area (TPSA) is 173 Å². The van der Waals surface area contributed by atoms with Crippen molar-refractivity contribution in [2.24, 2.45) is 0 Å². The van der Waals surface area contributed by atoms with E-state index in [-0.39, 0.29) is 0 Å². The van der Waals surface area contributed by atoms with Crippen LogP contribution in [0.5, 0.6) is 0 Å². The van der Waals surface area contributed by atoms with Gasteiger partial charge in [0.25, 0.3) is 0 Å². The van der Waals surface area contributed by atoms with Crippen LogP contribution in [0.15, 0.2) is 273 Å². The molecule has 354 valence electrons. The van der Waals surface area contributed by atoms with E-state index in [0.717, 1.165) is 50.8 Å². The minimum absolute atomic E-state index is 0.693. The van der Waals surface area contributed by atoms with E-state index < -0.39 is 7.32 Å². The van der Waals surface area contributed by atoms with E-state index in [4.69, 9.17) is 45.7 Å². The first-order chi connectivity index (χ1) is 36.0. The van der Waals surface area contributed by atoms with Gasteiger partial charge in [-0.05, 0) is 139 Å². The van der Waals surface area contributed by atoms with Crippen molar-refractivity contribution >= 4 is 7.32 Å². The van der Waals surface area contributed by atoms with Crippen molar-refractivity contribution in [1.29, 1.82) is 0 Å². The number of hydrogen-bond donors (Lipinski definition) is 0. The average molecular weight is 957 g/mol. The Balaban J connectivity index is 0.000000130. The van der Waals surface area contributed by atoms with Crippen molar-refractivity contribution in [2.75, 3.05) is 0 Å². The highest BCUT2D eigenvalue weighted by atomic mass is 16.5. The van der Waals surface area contributed by atoms with Gasteiger partial charge >= 0.3 is 17.5 Å². The SMILES string of the molecule is [O-]B([O-])[O-].c1ccc(-c2nn(-c3ccccc3)[n+](-c3ccccc3)n2)cc1.c1ccc(-c2nn(-c3ccccc3)[n+](-c3ccccc3)n2)cc1.c1ccc(-c2nn(-c3ccccc3)[n+](-c3ccccc3)n2)cc1. The van der Waals surface area contributed by atoms with Gasteiger partial charge in [-0.3, -0.25) is 7.32 Å². The molecule has 0 saturated carbocycles. The molecule has 3 heterocycles. The molecule has 0 fully saturated rings. The van der Waals surface area contributed by atoms with Gasteiger partial charge < -0.3 is 15.1 Å². The van der Waals surface area contributed by atoms with Gasteiger partial charge in [-0.2, -0.15) is 0 Å². The summed E-state index contributed by atoms with van der Waals surface area (Å²) in [7, 11) is -2.92. The highest BCUT2D eigenvalue weighted by Crippen LogP contribution is 2.17. The molecule has 15 nitrogen and oxygen atoms in total. The van der Waals surface area contributed by atoms with Gasteiger partial charge in [0.15, 0.2) is 17.1 Å². The maximum Gasteiger partial charge on any atom is 0.340 e. The molecule has 0 amide bonds. The van der Waals surface area contributed by atoms with Crippen LogP contribution in [0.25, 0.3) is 68.3 Å². The van der Waals surface area contributed by atoms with Gasteiger partial charge in [-0.1, -0.05) is 164 Å². The number of hydrogen-bond acceptors (Lipinski definition) is 9. The summed E-state index contributed by atoms with van der Waals surface area (Å²) >= 11 is 0. The van der Waals surface area contributed by atoms with E-state index in [0.29, 0.717) is 17.5 Å². The van der Waals surface area contributed by atoms with Gasteiger partial charge in [0.1, 0.15) is 17.1 Å². The molecule has 0 radical (unpaired) electrons. The quantitative estimate of drug-likeness (QED) is 0.130. The average Bonchev–Trinajstić information content (AvgIpc) is 4.25. The summed E-state index contributed by atoms with van der Waals surface area (Å²) in [6.45, 7) is 0. The number of tetrazole rings is 3. The van der Waals surface area contributed by atoms with Crippen molar-refractivity contribution in [3.63, 3.8) is 0 Å². The number of aromatic nitrogens is 12. The molecular formula is C57H45BN12O3. The first-order valence-corrected chi connectivity index (χ1v) is 23.1. The Morgan fingerprint density at radius 2 is 0.438 bits per heavy atom. The summed E-state index contributed by atoms with van der Waals surface area (Å²) < 4.78 is 0. The maximum atomic E-state index is 8.42. The summed E-state index contributed by atoms with van der Waals surface area (Å²) in [6.07, 6.45) is 0. The molecular weight excluding hydrogens is 912 g/mol. The summed E-state index contributed by atoms with van der Waals surface area (Å²) in [4.78, 5) is 10.9. The molecule has 0 aliphatic rings. The standard InChI is InChI=1S/3C19H15N4.BO3/c3*1-4-10-16(11-5-1)19-20-22(17-12-6-2-7-13-17)23(21-19)18-14-8-3-9-15-18;2-1(3)4/h3*1-15H;/q3*+1;-3. The molecule has 12 rings (SSSR count). The van der Waals surface area contributed by atoms with E-state index in [1.54, 1.807) is 0 Å². The van der Waals surface area contributed by atoms with E-state index >= 15 is 0 Å². The number of para-hydroxylation sites is 6. The monoisotopic (exact) mass is 956 g/mol. The Morgan fingerprint density at radius 1 is 0.260 bits per heavy atom. The van der Waals surface area contributed by atoms with Crippen molar-refractivity contribution in [3.8, 4) is 68.3 Å². The zero-order valence-corrected chi connectivity index (χ0v) is 39.1. The molecule has 12 aromatic rings. The Morgan fingerprint density at radius 3 is 0.644 bits per heavy atom. The lowest BCUT2D eigenvalue weighted by Crippen LogP contribution is -2.56. The first-order valence-electron chi connectivity index (χ1n) is 23.1. The molecule has 16 heteroatoms. The van der Waals surface area contributed by atoms with Gasteiger partial charge in [-0.25, -0.2) is 0 Å². The zero-order valence-electron chi connectivity index (χ0n) is 39.1. The predicted octanol–water partition coefficient (Wildman–Crippen LogP) is 5.69. The largest absolute Gasteiger partial charge is 0.907 e. The third-order valence-corrected chi connectivity index (χ3v) is 10.7. The summed E-state index contributed by atoms with van der Waals surface area (Å²) in [6, 6.07) is 90.1. The minimum Gasteiger partial charge on any atom is -0.907 e. The van der Waals surface area contributed by atoms with E-state index in [9.17, 15) is 0 Å². The third-order valence-electron chi connectivity index (χ3n) is 10.7. The van der Waals surface area contributed by atoms with Crippen LogP contribution in [0.4, 0.5) is 0 Å². The molecule has 3 aromatic heterocycles. The second-order valence-electron chi connectivity index (χ2n) is 15.7. The normalized spacial score (nSPS) is 10.4. The Labute approximate surface area is 421 Å². The van der Waals surface area contributed by atoms with E-state index in [2.05, 4.69) is 0 Å². The molecule has 73 heavy (non-hydrogen) atoms. The fourth-order valence-electron chi connectivity index (χ4n) is 7.33. The van der Waals surface area contributed by atoms with Crippen LogP contribution in [0, 0.1) is 0 Å². The molecule has 0 unspecified atom stereocenters. The number of rotatable bonds is 9. The highest BCUT2D eigenvalue weighted by molar-refractivity contribution is 6.24. The minimum atomic E-state index is -2.92. The van der Waals surface area contributed by atoms with Gasteiger partial charge in [0.05, 0.1) is 32.0 Å². The summed E-state index contributed by atoms with van der Waals surface area (Å²) in [5, 5.41) is 53.4. The second-order valence-corrected chi connectivity index (χ2v) is 15.7. The number of benzene rings is 9. The van der Waals surface area contributed by atoms with Gasteiger partial charge in [-0.15, -0.1) is 0 Å². The van der Waals surface area contributed by atoms with Crippen molar-refractivity contribution < 1.29 is 29.5 Å². The van der Waals surface area contributed by atoms with Crippen LogP contribution in [-0.2, 0) is 0 Å². The fraction of sp³-hybridized carbons (Fsp3) is 0. The van der Waals surface area contributed by atoms with Crippen LogP contribution in [0.1, 0.15) is 0 Å². The lowest BCUT2D eigenvalue weighted by molar-refractivity contribution is -0.734. The number of nitrogens with zero attached hydrogens (tertiary/aromatic N) is 12. The first kappa shape index (κ1) is 48.2. The molecule has 0 atom stereocenters. The molecule has 0 aliphatic carbocycles. The van der Waals surface area contributed by atoms with Crippen LogP contribution in [-0.4, -0.2) is 52.3 Å². The molecule has 9 aromatic carbocycles. The highest BCUT2D eigenvalue weighted by Gasteiger charge is 2.25. The Hall–Kier alpha value is -9.87. The van der Waals surface area contributed by atoms with Crippen LogP contribution in [0.2, 0.25) is 0 Å². The predicted molar refractivity (Wildman–Crippen MR) is 271 cm³/mol. The van der Waals surface area contributed by atoms with Crippen molar-refractivity contribution in [2.45, 2.75) is 0 Å². The molecule has 0 spiro atoms. The van der Waals surface area contributed by atoms with Crippen molar-refractivity contribution in [3.05, 3.63) is 273 Å². The van der Waals surface area contributed by atoms with E-state index in [1.165, 1.54) is 0 Å². The van der Waals surface area contributed by atoms with Crippen LogP contribution in [0.3, 0.4) is 0 Å². The van der Waals surface area contributed by atoms with Crippen LogP contribution >= 0.6 is 0 Å².